The third-order valence-electron chi connectivity index (χ3n) is 2.77. The summed E-state index contributed by atoms with van der Waals surface area (Å²) in [5.74, 6) is 0. The van der Waals surface area contributed by atoms with Crippen LogP contribution in [0.15, 0.2) is 66.7 Å². The minimum absolute atomic E-state index is 0.176. The van der Waals surface area contributed by atoms with Gasteiger partial charge in [0, 0.05) is 6.08 Å². The largest absolute Gasteiger partial charge is 0.444 e. The second kappa shape index (κ2) is 7.65. The van der Waals surface area contributed by atoms with E-state index < -0.39 is 6.09 Å². The van der Waals surface area contributed by atoms with E-state index in [1.54, 1.807) is 12.1 Å². The summed E-state index contributed by atoms with van der Waals surface area (Å²) < 4.78 is 5.12. The smallest absolute Gasteiger partial charge is 0.411 e. The molecule has 0 bridgehead atoms. The molecular weight excluding hydrogens is 266 g/mol. The molecule has 2 aromatic carbocycles. The molecule has 2 rings (SSSR count). The van der Waals surface area contributed by atoms with Crippen LogP contribution in [0.3, 0.4) is 0 Å². The lowest BCUT2D eigenvalue weighted by molar-refractivity contribution is -0.104. The summed E-state index contributed by atoms with van der Waals surface area (Å²) in [4.78, 5) is 22.5. The van der Waals surface area contributed by atoms with Gasteiger partial charge in [-0.2, -0.15) is 0 Å². The molecule has 106 valence electrons. The lowest BCUT2D eigenvalue weighted by atomic mass is 10.1. The summed E-state index contributed by atoms with van der Waals surface area (Å²) in [6, 6.07) is 18.5. The van der Waals surface area contributed by atoms with Crippen molar-refractivity contribution in [3.05, 3.63) is 77.9 Å². The predicted molar refractivity (Wildman–Crippen MR) is 80.2 cm³/mol. The highest BCUT2D eigenvalue weighted by atomic mass is 16.5. The Hall–Kier alpha value is -2.88. The Balaban J connectivity index is 1.96. The summed E-state index contributed by atoms with van der Waals surface area (Å²) in [7, 11) is 0. The van der Waals surface area contributed by atoms with Crippen LogP contribution >= 0.6 is 0 Å². The number of allylic oxidation sites excluding steroid dienone is 1. The van der Waals surface area contributed by atoms with E-state index in [0.717, 1.165) is 11.1 Å². The van der Waals surface area contributed by atoms with Crippen molar-refractivity contribution < 1.29 is 14.3 Å². The number of rotatable bonds is 5. The molecule has 0 aromatic heterocycles. The molecule has 0 aliphatic rings. The van der Waals surface area contributed by atoms with Crippen LogP contribution in [0.2, 0.25) is 0 Å². The van der Waals surface area contributed by atoms with Crippen molar-refractivity contribution >= 4 is 18.1 Å². The first kappa shape index (κ1) is 14.5. The Morgan fingerprint density at radius 3 is 2.24 bits per heavy atom. The molecule has 0 fully saturated rings. The van der Waals surface area contributed by atoms with E-state index in [9.17, 15) is 9.59 Å². The second-order valence-corrected chi connectivity index (χ2v) is 4.27. The van der Waals surface area contributed by atoms with Crippen molar-refractivity contribution in [1.82, 2.24) is 5.32 Å². The van der Waals surface area contributed by atoms with Gasteiger partial charge in [-0.15, -0.1) is 0 Å². The van der Waals surface area contributed by atoms with Crippen molar-refractivity contribution in [2.75, 3.05) is 0 Å². The van der Waals surface area contributed by atoms with Gasteiger partial charge in [-0.3, -0.25) is 10.1 Å². The molecule has 0 aliphatic carbocycles. The first-order valence-corrected chi connectivity index (χ1v) is 6.48. The van der Waals surface area contributed by atoms with Crippen LogP contribution < -0.4 is 5.32 Å². The molecule has 0 saturated carbocycles. The fourth-order valence-corrected chi connectivity index (χ4v) is 1.76. The van der Waals surface area contributed by atoms with Gasteiger partial charge in [0.1, 0.15) is 12.9 Å². The molecule has 4 nitrogen and oxygen atoms in total. The van der Waals surface area contributed by atoms with Crippen LogP contribution in [-0.2, 0) is 16.1 Å². The van der Waals surface area contributed by atoms with Crippen molar-refractivity contribution in [2.24, 2.45) is 0 Å². The highest BCUT2D eigenvalue weighted by molar-refractivity contribution is 5.88. The van der Waals surface area contributed by atoms with Gasteiger partial charge < -0.3 is 4.74 Å². The van der Waals surface area contributed by atoms with Crippen molar-refractivity contribution in [3.63, 3.8) is 0 Å². The normalized spacial score (nSPS) is 10.8. The molecule has 1 N–H and O–H groups in total. The van der Waals surface area contributed by atoms with Crippen LogP contribution in [0.1, 0.15) is 11.1 Å². The molecule has 4 heteroatoms. The van der Waals surface area contributed by atoms with Gasteiger partial charge in [-0.1, -0.05) is 60.7 Å². The third-order valence-corrected chi connectivity index (χ3v) is 2.77. The van der Waals surface area contributed by atoms with Crippen molar-refractivity contribution in [1.29, 1.82) is 0 Å². The molecule has 0 heterocycles. The number of nitrogens with one attached hydrogen (secondary N) is 1. The van der Waals surface area contributed by atoms with E-state index in [4.69, 9.17) is 4.74 Å². The van der Waals surface area contributed by atoms with Gasteiger partial charge in [-0.25, -0.2) is 4.79 Å². The molecule has 0 radical (unpaired) electrons. The molecule has 0 atom stereocenters. The maximum atomic E-state index is 11.8. The summed E-state index contributed by atoms with van der Waals surface area (Å²) >= 11 is 0. The van der Waals surface area contributed by atoms with E-state index in [1.807, 2.05) is 48.5 Å². The summed E-state index contributed by atoms with van der Waals surface area (Å²) in [6.07, 6.45) is 1.31. The monoisotopic (exact) mass is 281 g/mol. The maximum Gasteiger partial charge on any atom is 0.411 e. The zero-order valence-electron chi connectivity index (χ0n) is 11.4. The Kier molecular flexibility index (Phi) is 5.29. The SMILES string of the molecule is O=CC=C(NC(=O)OCc1ccccc1)c1ccccc1. The number of aldehydes is 1. The highest BCUT2D eigenvalue weighted by Gasteiger charge is 2.07. The zero-order chi connectivity index (χ0) is 14.9. The third kappa shape index (κ3) is 4.62. The van der Waals surface area contributed by atoms with Gasteiger partial charge in [0.15, 0.2) is 0 Å². The fraction of sp³-hybridized carbons (Fsp3) is 0.0588. The summed E-state index contributed by atoms with van der Waals surface area (Å²) in [5, 5.41) is 2.57. The summed E-state index contributed by atoms with van der Waals surface area (Å²) in [6.45, 7) is 0.176. The molecule has 21 heavy (non-hydrogen) atoms. The van der Waals surface area contributed by atoms with Crippen LogP contribution in [0.25, 0.3) is 5.70 Å². The molecule has 0 unspecified atom stereocenters. The lowest BCUT2D eigenvalue weighted by Crippen LogP contribution is -2.23. The van der Waals surface area contributed by atoms with E-state index in [0.29, 0.717) is 12.0 Å². The Morgan fingerprint density at radius 1 is 1.00 bits per heavy atom. The minimum Gasteiger partial charge on any atom is -0.444 e. The number of hydrogen-bond acceptors (Lipinski definition) is 3. The number of alkyl carbamates (subject to hydrolysis) is 1. The van der Waals surface area contributed by atoms with Crippen molar-refractivity contribution in [2.45, 2.75) is 6.61 Å². The quantitative estimate of drug-likeness (QED) is 0.676. The number of benzene rings is 2. The maximum absolute atomic E-state index is 11.8. The van der Waals surface area contributed by atoms with Crippen LogP contribution in [0.5, 0.6) is 0 Å². The van der Waals surface area contributed by atoms with Crippen LogP contribution in [0.4, 0.5) is 4.79 Å². The minimum atomic E-state index is -0.601. The Labute approximate surface area is 123 Å². The number of ether oxygens (including phenoxy) is 1. The van der Waals surface area contributed by atoms with Gasteiger partial charge in [0.05, 0.1) is 5.70 Å². The Morgan fingerprint density at radius 2 is 1.62 bits per heavy atom. The van der Waals surface area contributed by atoms with E-state index in [2.05, 4.69) is 5.32 Å². The van der Waals surface area contributed by atoms with Gasteiger partial charge >= 0.3 is 6.09 Å². The molecule has 2 aromatic rings. The molecular formula is C17H15NO3. The molecule has 0 saturated heterocycles. The first-order chi connectivity index (χ1) is 10.3. The van der Waals surface area contributed by atoms with Crippen LogP contribution in [-0.4, -0.2) is 12.4 Å². The molecule has 1 amide bonds. The van der Waals surface area contributed by atoms with E-state index in [1.165, 1.54) is 6.08 Å². The average molecular weight is 281 g/mol. The molecule has 0 aliphatic heterocycles. The van der Waals surface area contributed by atoms with Crippen molar-refractivity contribution in [3.8, 4) is 0 Å². The van der Waals surface area contributed by atoms with E-state index >= 15 is 0 Å². The predicted octanol–water partition coefficient (Wildman–Crippen LogP) is 3.15. The number of hydrogen-bond donors (Lipinski definition) is 1. The summed E-state index contributed by atoms with van der Waals surface area (Å²) in [5.41, 5.74) is 2.04. The second-order valence-electron chi connectivity index (χ2n) is 4.27. The van der Waals surface area contributed by atoms with Gasteiger partial charge in [0.25, 0.3) is 0 Å². The van der Waals surface area contributed by atoms with E-state index in [-0.39, 0.29) is 6.61 Å². The van der Waals surface area contributed by atoms with Gasteiger partial charge in [0.2, 0.25) is 0 Å². The zero-order valence-corrected chi connectivity index (χ0v) is 11.4. The fourth-order valence-electron chi connectivity index (χ4n) is 1.76. The Bertz CT molecular complexity index is 621. The van der Waals surface area contributed by atoms with Gasteiger partial charge in [-0.05, 0) is 11.1 Å². The topological polar surface area (TPSA) is 55.4 Å². The number of carbonyl (C=O) groups is 2. The number of carbonyl (C=O) groups excluding carboxylic acids is 2. The first-order valence-electron chi connectivity index (χ1n) is 6.48. The molecule has 0 spiro atoms. The highest BCUT2D eigenvalue weighted by Crippen LogP contribution is 2.10. The standard InChI is InChI=1S/C17H15NO3/c19-12-11-16(15-9-5-2-6-10-15)18-17(20)21-13-14-7-3-1-4-8-14/h1-12H,13H2,(H,18,20). The lowest BCUT2D eigenvalue weighted by Gasteiger charge is -2.10. The van der Waals surface area contributed by atoms with Crippen LogP contribution in [0, 0.1) is 0 Å². The average Bonchev–Trinajstić information content (AvgIpc) is 2.54. The number of amides is 1.